The van der Waals surface area contributed by atoms with Crippen LogP contribution in [0.5, 0.6) is 0 Å². The summed E-state index contributed by atoms with van der Waals surface area (Å²) in [6, 6.07) is 9.63. The van der Waals surface area contributed by atoms with Crippen molar-refractivity contribution in [3.05, 3.63) is 60.1 Å². The topological polar surface area (TPSA) is 119 Å². The second kappa shape index (κ2) is 8.40. The lowest BCUT2D eigenvalue weighted by Crippen LogP contribution is -2.38. The van der Waals surface area contributed by atoms with Crippen LogP contribution in [0.15, 0.2) is 42.9 Å². The Kier molecular flexibility index (Phi) is 5.19. The highest BCUT2D eigenvalue weighted by molar-refractivity contribution is 6.03. The first kappa shape index (κ1) is 21.6. The summed E-state index contributed by atoms with van der Waals surface area (Å²) >= 11 is 0. The van der Waals surface area contributed by atoms with Crippen LogP contribution >= 0.6 is 0 Å². The molecular weight excluding hydrogens is 442 g/mol. The fourth-order valence-electron chi connectivity index (χ4n) is 5.15. The maximum absolute atomic E-state index is 13.3. The van der Waals surface area contributed by atoms with Gasteiger partial charge in [-0.1, -0.05) is 0 Å². The SMILES string of the molecule is C[C@@H]1C[C@H](n2c(CC(=O)NC3(c4ncccn4)CC3)nc3cnc4ccc(C#N)cc4c32)CCO1. The highest BCUT2D eigenvalue weighted by atomic mass is 16.5. The van der Waals surface area contributed by atoms with E-state index in [2.05, 4.69) is 37.8 Å². The summed E-state index contributed by atoms with van der Waals surface area (Å²) in [5.41, 5.74) is 2.52. The molecule has 1 saturated carbocycles. The quantitative estimate of drug-likeness (QED) is 0.478. The number of pyridine rings is 1. The normalized spacial score (nSPS) is 21.0. The Morgan fingerprint density at radius 1 is 1.26 bits per heavy atom. The lowest BCUT2D eigenvalue weighted by Gasteiger charge is -2.30. The summed E-state index contributed by atoms with van der Waals surface area (Å²) in [5, 5.41) is 13.5. The van der Waals surface area contributed by atoms with E-state index in [1.54, 1.807) is 30.7 Å². The van der Waals surface area contributed by atoms with E-state index in [1.165, 1.54) is 0 Å². The van der Waals surface area contributed by atoms with Gasteiger partial charge >= 0.3 is 0 Å². The van der Waals surface area contributed by atoms with Crippen LogP contribution < -0.4 is 5.32 Å². The molecule has 176 valence electrons. The Labute approximate surface area is 202 Å². The number of aromatic nitrogens is 5. The van der Waals surface area contributed by atoms with Crippen LogP contribution in [0.4, 0.5) is 0 Å². The van der Waals surface area contributed by atoms with Gasteiger partial charge in [0.05, 0.1) is 46.9 Å². The summed E-state index contributed by atoms with van der Waals surface area (Å²) in [7, 11) is 0. The standard InChI is InChI=1S/C26H25N7O2/c1-16-11-18(5-10-35-16)33-22(13-23(34)32-26(6-7-26)25-28-8-2-9-29-25)31-21-15-30-20-4-3-17(14-27)12-19(20)24(21)33/h2-4,8-9,12,15-16,18H,5-7,10-11,13H2,1H3,(H,32,34)/t16-,18-/m1/s1. The Balaban J connectivity index is 1.42. The molecule has 1 aromatic carbocycles. The molecule has 2 atom stereocenters. The van der Waals surface area contributed by atoms with Crippen LogP contribution in [0.3, 0.4) is 0 Å². The maximum atomic E-state index is 13.3. The number of imidazole rings is 1. The first-order valence-electron chi connectivity index (χ1n) is 12.0. The molecule has 2 fully saturated rings. The van der Waals surface area contributed by atoms with E-state index in [0.717, 1.165) is 47.6 Å². The van der Waals surface area contributed by atoms with Gasteiger partial charge in [-0.25, -0.2) is 15.0 Å². The van der Waals surface area contributed by atoms with Gasteiger partial charge in [0, 0.05) is 30.4 Å². The molecular formula is C26H25N7O2. The van der Waals surface area contributed by atoms with E-state index >= 15 is 0 Å². The minimum atomic E-state index is -0.488. The second-order valence-corrected chi connectivity index (χ2v) is 9.47. The Hall–Kier alpha value is -3.90. The van der Waals surface area contributed by atoms with Gasteiger partial charge in [-0.15, -0.1) is 0 Å². The van der Waals surface area contributed by atoms with Crippen LogP contribution in [-0.4, -0.2) is 43.1 Å². The molecule has 1 amide bonds. The molecule has 4 aromatic rings. The smallest absolute Gasteiger partial charge is 0.228 e. The van der Waals surface area contributed by atoms with Gasteiger partial charge in [-0.3, -0.25) is 9.78 Å². The fraction of sp³-hybridized carbons (Fsp3) is 0.385. The van der Waals surface area contributed by atoms with Crippen molar-refractivity contribution in [2.24, 2.45) is 0 Å². The molecule has 1 N–H and O–H groups in total. The Morgan fingerprint density at radius 2 is 2.09 bits per heavy atom. The van der Waals surface area contributed by atoms with Gasteiger partial charge in [0.25, 0.3) is 0 Å². The number of hydrogen-bond acceptors (Lipinski definition) is 7. The van der Waals surface area contributed by atoms with Crippen molar-refractivity contribution >= 4 is 27.8 Å². The molecule has 0 spiro atoms. The number of nitrogens with zero attached hydrogens (tertiary/aromatic N) is 6. The zero-order valence-corrected chi connectivity index (χ0v) is 19.4. The molecule has 0 unspecified atom stereocenters. The third-order valence-corrected chi connectivity index (χ3v) is 6.98. The Morgan fingerprint density at radius 3 is 2.83 bits per heavy atom. The average molecular weight is 468 g/mol. The number of rotatable bonds is 5. The summed E-state index contributed by atoms with van der Waals surface area (Å²) in [6.07, 6.45) is 8.70. The molecule has 9 nitrogen and oxygen atoms in total. The summed E-state index contributed by atoms with van der Waals surface area (Å²) in [6.45, 7) is 2.72. The third-order valence-electron chi connectivity index (χ3n) is 6.98. The number of amides is 1. The second-order valence-electron chi connectivity index (χ2n) is 9.47. The molecule has 3 aromatic heterocycles. The first-order chi connectivity index (χ1) is 17.1. The van der Waals surface area contributed by atoms with E-state index in [1.807, 2.05) is 12.1 Å². The van der Waals surface area contributed by atoms with E-state index < -0.39 is 5.54 Å². The molecule has 1 aliphatic carbocycles. The fourth-order valence-corrected chi connectivity index (χ4v) is 5.15. The average Bonchev–Trinajstić information content (AvgIpc) is 3.56. The van der Waals surface area contributed by atoms with Crippen LogP contribution in [0.2, 0.25) is 0 Å². The minimum Gasteiger partial charge on any atom is -0.378 e. The number of nitriles is 1. The number of carbonyl (C=O) groups is 1. The van der Waals surface area contributed by atoms with Crippen LogP contribution in [-0.2, 0) is 21.5 Å². The molecule has 1 saturated heterocycles. The van der Waals surface area contributed by atoms with Gasteiger partial charge < -0.3 is 14.6 Å². The van der Waals surface area contributed by atoms with Crippen molar-refractivity contribution in [1.82, 2.24) is 29.8 Å². The van der Waals surface area contributed by atoms with Gasteiger partial charge in [0.1, 0.15) is 11.3 Å². The van der Waals surface area contributed by atoms with E-state index in [-0.39, 0.29) is 24.5 Å². The zero-order valence-electron chi connectivity index (χ0n) is 19.4. The highest BCUT2D eigenvalue weighted by Crippen LogP contribution is 2.43. The van der Waals surface area contributed by atoms with Crippen molar-refractivity contribution in [3.63, 3.8) is 0 Å². The molecule has 0 bridgehead atoms. The highest BCUT2D eigenvalue weighted by Gasteiger charge is 2.48. The third kappa shape index (κ3) is 3.90. The zero-order chi connectivity index (χ0) is 24.0. The molecule has 2 aliphatic rings. The molecule has 6 rings (SSSR count). The first-order valence-corrected chi connectivity index (χ1v) is 12.0. The summed E-state index contributed by atoms with van der Waals surface area (Å²) in [5.74, 6) is 1.24. The molecule has 35 heavy (non-hydrogen) atoms. The van der Waals surface area contributed by atoms with E-state index in [4.69, 9.17) is 9.72 Å². The van der Waals surface area contributed by atoms with Crippen LogP contribution in [0.1, 0.15) is 55.9 Å². The van der Waals surface area contributed by atoms with Crippen LogP contribution in [0.25, 0.3) is 21.9 Å². The molecule has 9 heteroatoms. The largest absolute Gasteiger partial charge is 0.378 e. The maximum Gasteiger partial charge on any atom is 0.228 e. The van der Waals surface area contributed by atoms with E-state index in [0.29, 0.717) is 23.8 Å². The number of fused-ring (bicyclic) bond motifs is 3. The van der Waals surface area contributed by atoms with Crippen molar-refractivity contribution in [3.8, 4) is 6.07 Å². The number of benzene rings is 1. The Bertz CT molecular complexity index is 1470. The number of nitrogens with one attached hydrogen (secondary N) is 1. The summed E-state index contributed by atoms with van der Waals surface area (Å²) in [4.78, 5) is 31.4. The molecule has 0 radical (unpaired) electrons. The van der Waals surface area contributed by atoms with Gasteiger partial charge in [-0.05, 0) is 56.9 Å². The molecule has 4 heterocycles. The van der Waals surface area contributed by atoms with Crippen LogP contribution in [0, 0.1) is 11.3 Å². The lowest BCUT2D eigenvalue weighted by atomic mass is 10.0. The minimum absolute atomic E-state index is 0.110. The van der Waals surface area contributed by atoms with Crippen molar-refractivity contribution in [2.45, 2.75) is 56.7 Å². The monoisotopic (exact) mass is 467 g/mol. The van der Waals surface area contributed by atoms with Crippen molar-refractivity contribution in [2.75, 3.05) is 6.61 Å². The van der Waals surface area contributed by atoms with Gasteiger partial charge in [-0.2, -0.15) is 5.26 Å². The van der Waals surface area contributed by atoms with Gasteiger partial charge in [0.2, 0.25) is 5.91 Å². The predicted octanol–water partition coefficient (Wildman–Crippen LogP) is 3.33. The van der Waals surface area contributed by atoms with Crippen molar-refractivity contribution < 1.29 is 9.53 Å². The van der Waals surface area contributed by atoms with Gasteiger partial charge in [0.15, 0.2) is 5.82 Å². The number of ether oxygens (including phenoxy) is 1. The number of carbonyl (C=O) groups excluding carboxylic acids is 1. The predicted molar refractivity (Wildman–Crippen MR) is 128 cm³/mol. The van der Waals surface area contributed by atoms with E-state index in [9.17, 15) is 10.1 Å². The van der Waals surface area contributed by atoms with Crippen molar-refractivity contribution in [1.29, 1.82) is 5.26 Å². The number of hydrogen-bond donors (Lipinski definition) is 1. The lowest BCUT2D eigenvalue weighted by molar-refractivity contribution is -0.121. The molecule has 1 aliphatic heterocycles. The summed E-state index contributed by atoms with van der Waals surface area (Å²) < 4.78 is 8.00.